The number of ether oxygens (including phenoxy) is 2. The zero-order valence-electron chi connectivity index (χ0n) is 8.62. The van der Waals surface area contributed by atoms with Crippen LogP contribution in [0.1, 0.15) is 19.3 Å². The second-order valence-corrected chi connectivity index (χ2v) is 4.10. The Hall–Kier alpha value is -1.23. The van der Waals surface area contributed by atoms with Crippen molar-refractivity contribution in [2.24, 2.45) is 5.73 Å². The Balaban J connectivity index is 1.79. The summed E-state index contributed by atoms with van der Waals surface area (Å²) in [5.74, 6) is -0.00408. The van der Waals surface area contributed by atoms with Crippen LogP contribution in [0, 0.1) is 0 Å². The van der Waals surface area contributed by atoms with Crippen LogP contribution in [0.4, 0.5) is 0 Å². The van der Waals surface area contributed by atoms with Crippen molar-refractivity contribution in [3.8, 4) is 0 Å². The maximum absolute atomic E-state index is 11.5. The van der Waals surface area contributed by atoms with E-state index < -0.39 is 0 Å². The smallest absolute Gasteiger partial charge is 0.289 e. The number of carbonyl (C=O) groups is 1. The van der Waals surface area contributed by atoms with Gasteiger partial charge in [0.1, 0.15) is 19.5 Å². The lowest BCUT2D eigenvalue weighted by Crippen LogP contribution is -2.55. The third kappa shape index (κ3) is 2.41. The van der Waals surface area contributed by atoms with Crippen molar-refractivity contribution in [3.63, 3.8) is 0 Å². The molecule has 0 aromatic carbocycles. The lowest BCUT2D eigenvalue weighted by Gasteiger charge is -2.38. The van der Waals surface area contributed by atoms with E-state index in [0.717, 1.165) is 19.3 Å². The van der Waals surface area contributed by atoms with Gasteiger partial charge in [-0.1, -0.05) is 0 Å². The molecule has 0 aromatic rings. The molecule has 0 spiro atoms. The Morgan fingerprint density at radius 2 is 2.33 bits per heavy atom. The first kappa shape index (κ1) is 10.3. The summed E-state index contributed by atoms with van der Waals surface area (Å²) >= 11 is 0. The number of nitrogens with one attached hydrogen (secondary N) is 1. The molecule has 5 heteroatoms. The molecule has 0 atom stereocenters. The summed E-state index contributed by atoms with van der Waals surface area (Å²) in [4.78, 5) is 11.5. The summed E-state index contributed by atoms with van der Waals surface area (Å²) in [5.41, 5.74) is 5.77. The first-order chi connectivity index (χ1) is 7.20. The molecule has 1 fully saturated rings. The zero-order chi connectivity index (χ0) is 10.7. The molecule has 0 aromatic heterocycles. The summed E-state index contributed by atoms with van der Waals surface area (Å²) in [5, 5.41) is 2.76. The highest BCUT2D eigenvalue weighted by Gasteiger charge is 2.33. The van der Waals surface area contributed by atoms with E-state index >= 15 is 0 Å². The summed E-state index contributed by atoms with van der Waals surface area (Å²) in [6.07, 6.45) is 4.45. The topological polar surface area (TPSA) is 73.6 Å². The van der Waals surface area contributed by atoms with E-state index in [2.05, 4.69) is 5.32 Å². The Morgan fingerprint density at radius 3 is 2.87 bits per heavy atom. The number of amides is 1. The predicted molar refractivity (Wildman–Crippen MR) is 53.8 cm³/mol. The van der Waals surface area contributed by atoms with Crippen LogP contribution in [-0.2, 0) is 14.3 Å². The third-order valence-corrected chi connectivity index (χ3v) is 2.82. The van der Waals surface area contributed by atoms with Crippen molar-refractivity contribution in [1.29, 1.82) is 0 Å². The highest BCUT2D eigenvalue weighted by Crippen LogP contribution is 2.28. The number of hydrogen-bond donors (Lipinski definition) is 2. The predicted octanol–water partition coefficient (Wildman–Crippen LogP) is -0.128. The second-order valence-electron chi connectivity index (χ2n) is 4.10. The van der Waals surface area contributed by atoms with Crippen molar-refractivity contribution in [2.45, 2.75) is 24.8 Å². The van der Waals surface area contributed by atoms with E-state index in [0.29, 0.717) is 19.8 Å². The molecule has 1 amide bonds. The Kier molecular flexibility index (Phi) is 2.81. The van der Waals surface area contributed by atoms with Gasteiger partial charge in [-0.05, 0) is 19.3 Å². The molecule has 1 saturated carbocycles. The summed E-state index contributed by atoms with van der Waals surface area (Å²) in [7, 11) is 0. The van der Waals surface area contributed by atoms with Gasteiger partial charge in [0, 0.05) is 12.1 Å². The molecular weight excluding hydrogens is 196 g/mol. The Labute approximate surface area is 88.6 Å². The van der Waals surface area contributed by atoms with E-state index in [1.165, 1.54) is 6.26 Å². The fraction of sp³-hybridized carbons (Fsp3) is 0.700. The fourth-order valence-electron chi connectivity index (χ4n) is 1.64. The van der Waals surface area contributed by atoms with Crippen molar-refractivity contribution >= 4 is 5.91 Å². The molecule has 15 heavy (non-hydrogen) atoms. The maximum atomic E-state index is 11.5. The molecule has 1 aliphatic carbocycles. The van der Waals surface area contributed by atoms with Gasteiger partial charge in [-0.15, -0.1) is 0 Å². The van der Waals surface area contributed by atoms with E-state index in [4.69, 9.17) is 15.2 Å². The van der Waals surface area contributed by atoms with Gasteiger partial charge in [-0.25, -0.2) is 0 Å². The first-order valence-corrected chi connectivity index (χ1v) is 5.21. The number of hydrogen-bond acceptors (Lipinski definition) is 4. The van der Waals surface area contributed by atoms with Gasteiger partial charge in [-0.3, -0.25) is 4.79 Å². The zero-order valence-corrected chi connectivity index (χ0v) is 8.62. The maximum Gasteiger partial charge on any atom is 0.289 e. The van der Waals surface area contributed by atoms with E-state index in [1.54, 1.807) is 0 Å². The Bertz CT molecular complexity index is 284. The van der Waals surface area contributed by atoms with Gasteiger partial charge >= 0.3 is 0 Å². The largest absolute Gasteiger partial charge is 0.494 e. The average molecular weight is 212 g/mol. The number of carbonyl (C=O) groups excluding carboxylic acids is 1. The van der Waals surface area contributed by atoms with Crippen LogP contribution in [0.15, 0.2) is 12.0 Å². The second kappa shape index (κ2) is 4.10. The van der Waals surface area contributed by atoms with Crippen LogP contribution in [0.5, 0.6) is 0 Å². The standard InChI is InChI=1S/C10H16N2O3/c11-10(2-1-3-10)7-12-9(13)8-6-14-4-5-15-8/h6H,1-5,7,11H2,(H,12,13). The molecule has 0 unspecified atom stereocenters. The van der Waals surface area contributed by atoms with Crippen molar-refractivity contribution in [1.82, 2.24) is 5.32 Å². The van der Waals surface area contributed by atoms with Gasteiger partial charge in [0.25, 0.3) is 5.91 Å². The van der Waals surface area contributed by atoms with Gasteiger partial charge in [0.05, 0.1) is 0 Å². The molecule has 3 N–H and O–H groups in total. The van der Waals surface area contributed by atoms with Crippen LogP contribution >= 0.6 is 0 Å². The lowest BCUT2D eigenvalue weighted by atomic mass is 9.78. The molecule has 0 radical (unpaired) electrons. The normalized spacial score (nSPS) is 22.9. The van der Waals surface area contributed by atoms with Gasteiger partial charge in [-0.2, -0.15) is 0 Å². The van der Waals surface area contributed by atoms with Crippen molar-refractivity contribution < 1.29 is 14.3 Å². The monoisotopic (exact) mass is 212 g/mol. The van der Waals surface area contributed by atoms with Crippen molar-refractivity contribution in [3.05, 3.63) is 12.0 Å². The first-order valence-electron chi connectivity index (χ1n) is 5.21. The number of nitrogens with two attached hydrogens (primary N) is 1. The molecule has 2 aliphatic rings. The van der Waals surface area contributed by atoms with Crippen molar-refractivity contribution in [2.75, 3.05) is 19.8 Å². The molecule has 84 valence electrons. The van der Waals surface area contributed by atoms with Crippen LogP contribution in [0.2, 0.25) is 0 Å². The summed E-state index contributed by atoms with van der Waals surface area (Å²) < 4.78 is 10.1. The molecule has 0 bridgehead atoms. The minimum absolute atomic E-state index is 0.203. The molecule has 2 rings (SSSR count). The number of rotatable bonds is 3. The van der Waals surface area contributed by atoms with Gasteiger partial charge in [0.2, 0.25) is 5.76 Å². The fourth-order valence-corrected chi connectivity index (χ4v) is 1.64. The van der Waals surface area contributed by atoms with Crippen LogP contribution in [0.25, 0.3) is 0 Å². The minimum Gasteiger partial charge on any atom is -0.494 e. The summed E-state index contributed by atoms with van der Waals surface area (Å²) in [6.45, 7) is 1.43. The molecule has 5 nitrogen and oxygen atoms in total. The highest BCUT2D eigenvalue weighted by atomic mass is 16.6. The van der Waals surface area contributed by atoms with Crippen LogP contribution in [0.3, 0.4) is 0 Å². The molecule has 1 heterocycles. The highest BCUT2D eigenvalue weighted by molar-refractivity contribution is 5.91. The van der Waals surface area contributed by atoms with Crippen LogP contribution in [-0.4, -0.2) is 31.2 Å². The quantitative estimate of drug-likeness (QED) is 0.683. The van der Waals surface area contributed by atoms with E-state index in [1.807, 2.05) is 0 Å². The summed E-state index contributed by atoms with van der Waals surface area (Å²) in [6, 6.07) is 0. The molecular formula is C10H16N2O3. The third-order valence-electron chi connectivity index (χ3n) is 2.82. The SMILES string of the molecule is NC1(CNC(=O)C2=COCCO2)CCC1. The van der Waals surface area contributed by atoms with Gasteiger partial charge in [0.15, 0.2) is 0 Å². The molecule has 1 aliphatic heterocycles. The van der Waals surface area contributed by atoms with Crippen LogP contribution < -0.4 is 11.1 Å². The average Bonchev–Trinajstić information content (AvgIpc) is 2.24. The van der Waals surface area contributed by atoms with Gasteiger partial charge < -0.3 is 20.5 Å². The minimum atomic E-state index is -0.244. The van der Waals surface area contributed by atoms with E-state index in [9.17, 15) is 4.79 Å². The Morgan fingerprint density at radius 1 is 1.53 bits per heavy atom. The molecule has 0 saturated heterocycles. The van der Waals surface area contributed by atoms with E-state index in [-0.39, 0.29) is 17.2 Å². The lowest BCUT2D eigenvalue weighted by molar-refractivity contribution is -0.122.